The number of nitrogens with two attached hydrogens (primary N) is 1. The van der Waals surface area contributed by atoms with Gasteiger partial charge in [-0.1, -0.05) is 6.07 Å². The second-order valence-corrected chi connectivity index (χ2v) is 9.48. The van der Waals surface area contributed by atoms with Gasteiger partial charge in [-0.3, -0.25) is 9.69 Å². The molecule has 2 aliphatic heterocycles. The minimum Gasteiger partial charge on any atom is -0.370 e. The van der Waals surface area contributed by atoms with Crippen molar-refractivity contribution in [2.75, 3.05) is 30.3 Å². The number of hydrogen-bond donors (Lipinski definition) is 3. The first-order valence-electron chi connectivity index (χ1n) is 11.4. The number of amides is 1. The highest BCUT2D eigenvalue weighted by atomic mass is 32.1. The summed E-state index contributed by atoms with van der Waals surface area (Å²) in [6, 6.07) is 6.38. The number of aromatic nitrogens is 3. The Labute approximate surface area is 191 Å². The standard InChI is InChI=1S/C23H29N7OS/c24-19(31)17-6-3-12-30(22(17)29-21-18-9-13-32-23(18)27-14-26-21)11-2-5-16-8-7-15-4-1-10-25-20(15)28-16/h7-9,13-14,17,22H,1-6,10-12H2,(H2,24,31)(H,25,28)(H,26,27,29). The van der Waals surface area contributed by atoms with Crippen LogP contribution in [0.25, 0.3) is 10.2 Å². The van der Waals surface area contributed by atoms with Gasteiger partial charge in [-0.15, -0.1) is 11.3 Å². The van der Waals surface area contributed by atoms with E-state index in [0.29, 0.717) is 0 Å². The molecule has 3 aromatic rings. The number of nitrogens with one attached hydrogen (secondary N) is 2. The molecule has 4 N–H and O–H groups in total. The van der Waals surface area contributed by atoms with Crippen molar-refractivity contribution < 1.29 is 4.79 Å². The number of likely N-dealkylation sites (tertiary alicyclic amines) is 1. The van der Waals surface area contributed by atoms with Crippen LogP contribution in [0.1, 0.15) is 36.9 Å². The number of fused-ring (bicyclic) bond motifs is 2. The summed E-state index contributed by atoms with van der Waals surface area (Å²) in [5.74, 6) is 1.30. The zero-order chi connectivity index (χ0) is 21.9. The number of aryl methyl sites for hydroxylation is 2. The van der Waals surface area contributed by atoms with Crippen LogP contribution in [0.5, 0.6) is 0 Å². The Morgan fingerprint density at radius 2 is 2.22 bits per heavy atom. The maximum Gasteiger partial charge on any atom is 0.223 e. The quantitative estimate of drug-likeness (QED) is 0.507. The summed E-state index contributed by atoms with van der Waals surface area (Å²) in [6.07, 6.45) is 7.30. The molecule has 0 aromatic carbocycles. The van der Waals surface area contributed by atoms with Crippen molar-refractivity contribution in [3.05, 3.63) is 41.2 Å². The van der Waals surface area contributed by atoms with Crippen LogP contribution in [0.3, 0.4) is 0 Å². The molecule has 168 valence electrons. The Morgan fingerprint density at radius 3 is 3.12 bits per heavy atom. The molecule has 0 bridgehead atoms. The van der Waals surface area contributed by atoms with Crippen molar-refractivity contribution >= 4 is 39.1 Å². The second-order valence-electron chi connectivity index (χ2n) is 8.58. The molecule has 0 radical (unpaired) electrons. The molecule has 1 fully saturated rings. The van der Waals surface area contributed by atoms with Gasteiger partial charge in [-0.05, 0) is 61.6 Å². The fourth-order valence-corrected chi connectivity index (χ4v) is 5.56. The highest BCUT2D eigenvalue weighted by molar-refractivity contribution is 7.16. The molecule has 3 aromatic heterocycles. The van der Waals surface area contributed by atoms with Gasteiger partial charge in [0.05, 0.1) is 17.5 Å². The molecule has 5 heterocycles. The van der Waals surface area contributed by atoms with E-state index in [-0.39, 0.29) is 18.0 Å². The van der Waals surface area contributed by atoms with Crippen molar-refractivity contribution in [2.45, 2.75) is 44.7 Å². The number of primary amides is 1. The normalized spacial score (nSPS) is 21.1. The number of nitrogens with zero attached hydrogens (tertiary/aromatic N) is 4. The summed E-state index contributed by atoms with van der Waals surface area (Å²) in [6.45, 7) is 2.80. The lowest BCUT2D eigenvalue weighted by molar-refractivity contribution is -0.125. The van der Waals surface area contributed by atoms with Gasteiger partial charge in [-0.2, -0.15) is 0 Å². The fraction of sp³-hybridized carbons (Fsp3) is 0.478. The number of piperidine rings is 1. The number of carbonyl (C=O) groups excluding carboxylic acids is 1. The van der Waals surface area contributed by atoms with Gasteiger partial charge in [0.2, 0.25) is 5.91 Å². The average molecular weight is 452 g/mol. The highest BCUT2D eigenvalue weighted by Gasteiger charge is 2.35. The molecular weight excluding hydrogens is 422 g/mol. The maximum absolute atomic E-state index is 12.3. The molecule has 0 spiro atoms. The molecule has 1 amide bonds. The van der Waals surface area contributed by atoms with Crippen molar-refractivity contribution in [3.8, 4) is 0 Å². The lowest BCUT2D eigenvalue weighted by Gasteiger charge is -2.40. The van der Waals surface area contributed by atoms with Crippen LogP contribution in [-0.4, -0.2) is 51.6 Å². The Bertz CT molecular complexity index is 1100. The fourth-order valence-electron chi connectivity index (χ4n) is 4.82. The Kier molecular flexibility index (Phi) is 6.18. The number of rotatable bonds is 7. The predicted octanol–water partition coefficient (Wildman–Crippen LogP) is 3.01. The van der Waals surface area contributed by atoms with Crippen molar-refractivity contribution in [1.29, 1.82) is 0 Å². The van der Waals surface area contributed by atoms with Crippen molar-refractivity contribution in [1.82, 2.24) is 19.9 Å². The van der Waals surface area contributed by atoms with E-state index in [9.17, 15) is 4.79 Å². The van der Waals surface area contributed by atoms with Crippen molar-refractivity contribution in [2.24, 2.45) is 11.7 Å². The van der Waals surface area contributed by atoms with Crippen LogP contribution in [0.2, 0.25) is 0 Å². The molecule has 9 heteroatoms. The summed E-state index contributed by atoms with van der Waals surface area (Å²) in [7, 11) is 0. The Hall–Kier alpha value is -2.78. The third kappa shape index (κ3) is 4.40. The van der Waals surface area contributed by atoms with E-state index < -0.39 is 0 Å². The first-order chi connectivity index (χ1) is 15.7. The molecule has 0 aliphatic carbocycles. The number of pyridine rings is 1. The van der Waals surface area contributed by atoms with E-state index in [1.165, 1.54) is 12.0 Å². The topological polar surface area (TPSA) is 109 Å². The average Bonchev–Trinajstić information content (AvgIpc) is 3.30. The number of anilines is 2. The summed E-state index contributed by atoms with van der Waals surface area (Å²) in [5, 5.41) is 9.94. The summed E-state index contributed by atoms with van der Waals surface area (Å²) in [5.41, 5.74) is 8.22. The smallest absolute Gasteiger partial charge is 0.223 e. The summed E-state index contributed by atoms with van der Waals surface area (Å²) in [4.78, 5) is 29.1. The summed E-state index contributed by atoms with van der Waals surface area (Å²) < 4.78 is 0. The van der Waals surface area contributed by atoms with E-state index in [1.54, 1.807) is 17.7 Å². The predicted molar refractivity (Wildman–Crippen MR) is 128 cm³/mol. The van der Waals surface area contributed by atoms with Crippen LogP contribution in [0.15, 0.2) is 29.9 Å². The third-order valence-electron chi connectivity index (χ3n) is 6.48. The highest BCUT2D eigenvalue weighted by Crippen LogP contribution is 2.29. The minimum absolute atomic E-state index is 0.169. The second kappa shape index (κ2) is 9.38. The Balaban J connectivity index is 1.29. The van der Waals surface area contributed by atoms with E-state index in [2.05, 4.69) is 37.6 Å². The molecule has 2 unspecified atom stereocenters. The van der Waals surface area contributed by atoms with Gasteiger partial charge in [0.1, 0.15) is 22.8 Å². The molecule has 0 saturated carbocycles. The summed E-state index contributed by atoms with van der Waals surface area (Å²) >= 11 is 1.58. The Morgan fingerprint density at radius 1 is 1.28 bits per heavy atom. The molecule has 8 nitrogen and oxygen atoms in total. The largest absolute Gasteiger partial charge is 0.370 e. The van der Waals surface area contributed by atoms with Crippen LogP contribution in [0.4, 0.5) is 11.6 Å². The van der Waals surface area contributed by atoms with Crippen LogP contribution < -0.4 is 16.4 Å². The lowest BCUT2D eigenvalue weighted by Crippen LogP contribution is -2.54. The minimum atomic E-state index is -0.259. The zero-order valence-corrected chi connectivity index (χ0v) is 18.9. The van der Waals surface area contributed by atoms with Gasteiger partial charge >= 0.3 is 0 Å². The van der Waals surface area contributed by atoms with E-state index in [4.69, 9.17) is 10.7 Å². The maximum atomic E-state index is 12.3. The number of carbonyl (C=O) groups is 1. The molecular formula is C23H29N7OS. The molecule has 32 heavy (non-hydrogen) atoms. The van der Waals surface area contributed by atoms with Crippen LogP contribution >= 0.6 is 11.3 Å². The molecule has 1 saturated heterocycles. The van der Waals surface area contributed by atoms with E-state index in [1.807, 2.05) is 11.4 Å². The molecule has 2 atom stereocenters. The van der Waals surface area contributed by atoms with Gasteiger partial charge < -0.3 is 16.4 Å². The first-order valence-corrected chi connectivity index (χ1v) is 12.3. The van der Waals surface area contributed by atoms with Crippen LogP contribution in [0, 0.1) is 5.92 Å². The monoisotopic (exact) mass is 451 g/mol. The number of hydrogen-bond acceptors (Lipinski definition) is 8. The molecule has 2 aliphatic rings. The van der Waals surface area contributed by atoms with E-state index >= 15 is 0 Å². The number of thiophene rings is 1. The van der Waals surface area contributed by atoms with Crippen molar-refractivity contribution in [3.63, 3.8) is 0 Å². The van der Waals surface area contributed by atoms with E-state index in [0.717, 1.165) is 79.3 Å². The zero-order valence-electron chi connectivity index (χ0n) is 18.1. The first kappa shape index (κ1) is 21.1. The molecule has 5 rings (SSSR count). The van der Waals surface area contributed by atoms with Crippen LogP contribution in [-0.2, 0) is 17.6 Å². The lowest BCUT2D eigenvalue weighted by atomic mass is 9.93. The SMILES string of the molecule is NC(=O)C1CCCN(CCCc2ccc3c(n2)NCCC3)C1Nc1ncnc2sccc12. The third-order valence-corrected chi connectivity index (χ3v) is 7.30. The van der Waals surface area contributed by atoms with Gasteiger partial charge in [-0.25, -0.2) is 15.0 Å². The van der Waals surface area contributed by atoms with Gasteiger partial charge in [0, 0.05) is 25.3 Å². The van der Waals surface area contributed by atoms with Gasteiger partial charge in [0.15, 0.2) is 0 Å². The van der Waals surface area contributed by atoms with Gasteiger partial charge in [0.25, 0.3) is 0 Å².